The number of nitrogens with one attached hydrogen (secondary N) is 1. The molecule has 1 aliphatic carbocycles. The summed E-state index contributed by atoms with van der Waals surface area (Å²) in [6.07, 6.45) is 11.6. The average Bonchev–Trinajstić information content (AvgIpc) is 3.01. The van der Waals surface area contributed by atoms with Crippen LogP contribution in [0.2, 0.25) is 0 Å². The van der Waals surface area contributed by atoms with E-state index in [-0.39, 0.29) is 0 Å². The summed E-state index contributed by atoms with van der Waals surface area (Å²) in [5, 5.41) is 8.21. The second-order valence-corrected chi connectivity index (χ2v) is 5.65. The number of rotatable bonds is 7. The van der Waals surface area contributed by atoms with Crippen LogP contribution in [0.4, 0.5) is 0 Å². The van der Waals surface area contributed by atoms with Crippen LogP contribution in [-0.2, 0) is 7.05 Å². The molecule has 1 heterocycles. The SMILES string of the molecule is CCCNC(CCC1CCCC1)c1ccn(C)n1. The van der Waals surface area contributed by atoms with E-state index >= 15 is 0 Å². The Kier molecular flexibility index (Phi) is 5.24. The highest BCUT2D eigenvalue weighted by atomic mass is 15.3. The molecule has 1 atom stereocenters. The van der Waals surface area contributed by atoms with Crippen LogP contribution in [0.1, 0.15) is 63.6 Å². The van der Waals surface area contributed by atoms with Gasteiger partial charge in [-0.15, -0.1) is 0 Å². The maximum Gasteiger partial charge on any atom is 0.0793 e. The summed E-state index contributed by atoms with van der Waals surface area (Å²) in [7, 11) is 2.00. The molecule has 18 heavy (non-hydrogen) atoms. The summed E-state index contributed by atoms with van der Waals surface area (Å²) >= 11 is 0. The maximum atomic E-state index is 4.56. The monoisotopic (exact) mass is 249 g/mol. The molecule has 0 bridgehead atoms. The molecule has 0 amide bonds. The van der Waals surface area contributed by atoms with Gasteiger partial charge < -0.3 is 5.32 Å². The quantitative estimate of drug-likeness (QED) is 0.802. The summed E-state index contributed by atoms with van der Waals surface area (Å²) in [4.78, 5) is 0. The van der Waals surface area contributed by atoms with Crippen molar-refractivity contribution in [1.29, 1.82) is 0 Å². The van der Waals surface area contributed by atoms with Gasteiger partial charge in [0.15, 0.2) is 0 Å². The van der Waals surface area contributed by atoms with Gasteiger partial charge in [0.25, 0.3) is 0 Å². The van der Waals surface area contributed by atoms with Crippen LogP contribution in [0.25, 0.3) is 0 Å². The van der Waals surface area contributed by atoms with Gasteiger partial charge in [0, 0.05) is 13.2 Å². The molecule has 1 aliphatic rings. The van der Waals surface area contributed by atoms with Crippen molar-refractivity contribution in [1.82, 2.24) is 15.1 Å². The van der Waals surface area contributed by atoms with Gasteiger partial charge in [-0.1, -0.05) is 32.6 Å². The zero-order valence-corrected chi connectivity index (χ0v) is 11.9. The fourth-order valence-corrected chi connectivity index (χ4v) is 2.99. The van der Waals surface area contributed by atoms with Gasteiger partial charge in [0.05, 0.1) is 11.7 Å². The Bertz CT molecular complexity index is 339. The molecule has 1 saturated carbocycles. The fourth-order valence-electron chi connectivity index (χ4n) is 2.99. The first-order valence-electron chi connectivity index (χ1n) is 7.52. The van der Waals surface area contributed by atoms with Crippen LogP contribution < -0.4 is 5.32 Å². The topological polar surface area (TPSA) is 29.9 Å². The van der Waals surface area contributed by atoms with Gasteiger partial charge >= 0.3 is 0 Å². The Morgan fingerprint density at radius 2 is 2.22 bits per heavy atom. The van der Waals surface area contributed by atoms with Crippen molar-refractivity contribution in [2.45, 2.75) is 57.9 Å². The van der Waals surface area contributed by atoms with Gasteiger partial charge in [0.1, 0.15) is 0 Å². The van der Waals surface area contributed by atoms with E-state index in [1.165, 1.54) is 50.6 Å². The van der Waals surface area contributed by atoms with E-state index in [0.717, 1.165) is 12.5 Å². The average molecular weight is 249 g/mol. The molecule has 1 aromatic heterocycles. The van der Waals surface area contributed by atoms with E-state index in [0.29, 0.717) is 6.04 Å². The lowest BCUT2D eigenvalue weighted by atomic mass is 9.97. The minimum atomic E-state index is 0.451. The molecule has 3 nitrogen and oxygen atoms in total. The number of aryl methyl sites for hydroxylation is 1. The molecular formula is C15H27N3. The third-order valence-corrected chi connectivity index (χ3v) is 4.07. The smallest absolute Gasteiger partial charge is 0.0793 e. The van der Waals surface area contributed by atoms with Gasteiger partial charge in [-0.05, 0) is 37.8 Å². The molecule has 0 radical (unpaired) electrons. The van der Waals surface area contributed by atoms with Crippen molar-refractivity contribution >= 4 is 0 Å². The van der Waals surface area contributed by atoms with Crippen LogP contribution in [-0.4, -0.2) is 16.3 Å². The van der Waals surface area contributed by atoms with Crippen LogP contribution in [0.3, 0.4) is 0 Å². The number of hydrogen-bond acceptors (Lipinski definition) is 2. The lowest BCUT2D eigenvalue weighted by molar-refractivity contribution is 0.405. The maximum absolute atomic E-state index is 4.56. The Labute approximate surface area is 111 Å². The van der Waals surface area contributed by atoms with E-state index in [4.69, 9.17) is 0 Å². The van der Waals surface area contributed by atoms with Crippen LogP contribution >= 0.6 is 0 Å². The minimum absolute atomic E-state index is 0.451. The first-order chi connectivity index (χ1) is 8.79. The van der Waals surface area contributed by atoms with Gasteiger partial charge in [-0.25, -0.2) is 0 Å². The molecule has 0 aliphatic heterocycles. The molecule has 0 spiro atoms. The third-order valence-electron chi connectivity index (χ3n) is 4.07. The van der Waals surface area contributed by atoms with Gasteiger partial charge in [-0.3, -0.25) is 4.68 Å². The molecule has 2 rings (SSSR count). The highest BCUT2D eigenvalue weighted by molar-refractivity contribution is 5.05. The van der Waals surface area contributed by atoms with Crippen molar-refractivity contribution in [3.05, 3.63) is 18.0 Å². The predicted octanol–water partition coefficient (Wildman–Crippen LogP) is 3.43. The fraction of sp³-hybridized carbons (Fsp3) is 0.800. The summed E-state index contributed by atoms with van der Waals surface area (Å²) in [6.45, 7) is 3.31. The third kappa shape index (κ3) is 3.84. The van der Waals surface area contributed by atoms with E-state index in [1.54, 1.807) is 0 Å². The summed E-state index contributed by atoms with van der Waals surface area (Å²) < 4.78 is 1.91. The second kappa shape index (κ2) is 6.93. The normalized spacial score (nSPS) is 18.3. The highest BCUT2D eigenvalue weighted by Gasteiger charge is 2.19. The lowest BCUT2D eigenvalue weighted by Crippen LogP contribution is -2.23. The largest absolute Gasteiger partial charge is 0.309 e. The van der Waals surface area contributed by atoms with Crippen LogP contribution in [0, 0.1) is 5.92 Å². The Balaban J connectivity index is 1.87. The molecule has 1 fully saturated rings. The molecule has 0 aromatic carbocycles. The minimum Gasteiger partial charge on any atom is -0.309 e. The van der Waals surface area contributed by atoms with Crippen molar-refractivity contribution < 1.29 is 0 Å². The van der Waals surface area contributed by atoms with Gasteiger partial charge in [-0.2, -0.15) is 5.10 Å². The molecular weight excluding hydrogens is 222 g/mol. The van der Waals surface area contributed by atoms with Crippen molar-refractivity contribution in [3.8, 4) is 0 Å². The van der Waals surface area contributed by atoms with Crippen molar-refractivity contribution in [2.75, 3.05) is 6.54 Å². The summed E-state index contributed by atoms with van der Waals surface area (Å²) in [6, 6.07) is 2.61. The highest BCUT2D eigenvalue weighted by Crippen LogP contribution is 2.31. The summed E-state index contributed by atoms with van der Waals surface area (Å²) in [5.74, 6) is 0.972. The Morgan fingerprint density at radius 1 is 1.44 bits per heavy atom. The van der Waals surface area contributed by atoms with E-state index in [9.17, 15) is 0 Å². The lowest BCUT2D eigenvalue weighted by Gasteiger charge is -2.18. The zero-order chi connectivity index (χ0) is 12.8. The van der Waals surface area contributed by atoms with Crippen molar-refractivity contribution in [2.24, 2.45) is 13.0 Å². The summed E-state index contributed by atoms with van der Waals surface area (Å²) in [5.41, 5.74) is 1.21. The molecule has 0 saturated heterocycles. The van der Waals surface area contributed by atoms with Crippen LogP contribution in [0.5, 0.6) is 0 Å². The first-order valence-corrected chi connectivity index (χ1v) is 7.52. The first kappa shape index (κ1) is 13.6. The number of hydrogen-bond donors (Lipinski definition) is 1. The zero-order valence-electron chi connectivity index (χ0n) is 11.9. The van der Waals surface area contributed by atoms with E-state index in [2.05, 4.69) is 23.4 Å². The second-order valence-electron chi connectivity index (χ2n) is 5.65. The predicted molar refractivity (Wildman–Crippen MR) is 75.4 cm³/mol. The standard InChI is InChI=1S/C15H27N3/c1-3-11-16-14(15-10-12-18(2)17-15)9-8-13-6-4-5-7-13/h10,12-14,16H,3-9,11H2,1-2H3. The molecule has 3 heteroatoms. The molecule has 1 N–H and O–H groups in total. The number of nitrogens with zero attached hydrogens (tertiary/aromatic N) is 2. The van der Waals surface area contributed by atoms with E-state index < -0.39 is 0 Å². The van der Waals surface area contributed by atoms with E-state index in [1.807, 2.05) is 17.9 Å². The molecule has 102 valence electrons. The van der Waals surface area contributed by atoms with Crippen molar-refractivity contribution in [3.63, 3.8) is 0 Å². The van der Waals surface area contributed by atoms with Crippen LogP contribution in [0.15, 0.2) is 12.3 Å². The Morgan fingerprint density at radius 3 is 2.83 bits per heavy atom. The Hall–Kier alpha value is -0.830. The molecule has 1 aromatic rings. The van der Waals surface area contributed by atoms with Gasteiger partial charge in [0.2, 0.25) is 0 Å². The molecule has 1 unspecified atom stereocenters. The number of aromatic nitrogens is 2.